The van der Waals surface area contributed by atoms with Crippen molar-refractivity contribution in [3.8, 4) is 5.75 Å². The number of carboxylic acids is 1. The zero-order valence-corrected chi connectivity index (χ0v) is 13.6. The quantitative estimate of drug-likeness (QED) is 0.808. The van der Waals surface area contributed by atoms with Crippen LogP contribution in [0.4, 0.5) is 17.6 Å². The van der Waals surface area contributed by atoms with Crippen LogP contribution in [0, 0.1) is 5.82 Å². The molecule has 0 amide bonds. The van der Waals surface area contributed by atoms with Gasteiger partial charge in [0.1, 0.15) is 18.2 Å². The van der Waals surface area contributed by atoms with Crippen molar-refractivity contribution < 1.29 is 32.2 Å². The molecule has 140 valence electrons. The maximum absolute atomic E-state index is 13.1. The molecule has 4 nitrogen and oxygen atoms in total. The third kappa shape index (κ3) is 6.03. The number of hydrogen-bond acceptors (Lipinski definition) is 3. The van der Waals surface area contributed by atoms with Crippen LogP contribution in [0.1, 0.15) is 16.7 Å². The first kappa shape index (κ1) is 19.7. The lowest BCUT2D eigenvalue weighted by Crippen LogP contribution is -2.23. The minimum atomic E-state index is -5.08. The summed E-state index contributed by atoms with van der Waals surface area (Å²) in [6.45, 7) is 2.34. The highest BCUT2D eigenvalue weighted by molar-refractivity contribution is 5.73. The summed E-state index contributed by atoms with van der Waals surface area (Å²) in [6.07, 6.45) is -4.05. The highest BCUT2D eigenvalue weighted by Gasteiger charge is 2.38. The Kier molecular flexibility index (Phi) is 6.57. The molecule has 0 saturated carbocycles. The van der Waals surface area contributed by atoms with Crippen LogP contribution in [0.15, 0.2) is 42.5 Å². The first-order valence-electron chi connectivity index (χ1n) is 7.75. The Hall–Kier alpha value is -2.61. The summed E-state index contributed by atoms with van der Waals surface area (Å²) in [5.74, 6) is -2.13. The number of aliphatic carboxylic acids is 1. The summed E-state index contributed by atoms with van der Waals surface area (Å²) < 4.78 is 50.5. The summed E-state index contributed by atoms with van der Waals surface area (Å²) in [5.41, 5.74) is 3.53. The minimum Gasteiger partial charge on any atom is -0.489 e. The van der Waals surface area contributed by atoms with Gasteiger partial charge in [-0.3, -0.25) is 0 Å². The van der Waals surface area contributed by atoms with E-state index in [1.807, 2.05) is 12.1 Å². The summed E-state index contributed by atoms with van der Waals surface area (Å²) in [5, 5.41) is 10.5. The van der Waals surface area contributed by atoms with Gasteiger partial charge in [-0.05, 0) is 53.9 Å². The number of nitrogens with one attached hydrogen (secondary N) is 1. The molecule has 1 heterocycles. The predicted molar refractivity (Wildman–Crippen MR) is 86.3 cm³/mol. The number of hydrogen-bond donors (Lipinski definition) is 2. The molecule has 0 atom stereocenters. The van der Waals surface area contributed by atoms with E-state index in [4.69, 9.17) is 14.6 Å². The fraction of sp³-hybridized carbons (Fsp3) is 0.278. The normalized spacial score (nSPS) is 13.2. The van der Waals surface area contributed by atoms with Gasteiger partial charge in [0.15, 0.2) is 0 Å². The van der Waals surface area contributed by atoms with Crippen molar-refractivity contribution in [3.63, 3.8) is 0 Å². The van der Waals surface area contributed by atoms with Gasteiger partial charge < -0.3 is 15.2 Å². The Morgan fingerprint density at radius 3 is 2.54 bits per heavy atom. The Balaban J connectivity index is 0.000000298. The van der Waals surface area contributed by atoms with Crippen molar-refractivity contribution in [3.05, 3.63) is 65.0 Å². The van der Waals surface area contributed by atoms with Crippen molar-refractivity contribution in [2.75, 3.05) is 6.54 Å². The lowest BCUT2D eigenvalue weighted by molar-refractivity contribution is -0.192. The topological polar surface area (TPSA) is 58.6 Å². The molecule has 26 heavy (non-hydrogen) atoms. The van der Waals surface area contributed by atoms with Gasteiger partial charge in [-0.15, -0.1) is 0 Å². The Bertz CT molecular complexity index is 762. The van der Waals surface area contributed by atoms with Crippen LogP contribution in [-0.4, -0.2) is 23.8 Å². The SMILES string of the molecule is Fc1cccc(COc2ccc3c(c2)CCNC3)c1.O=C(O)C(F)(F)F. The van der Waals surface area contributed by atoms with Crippen molar-refractivity contribution in [2.24, 2.45) is 0 Å². The lowest BCUT2D eigenvalue weighted by atomic mass is 10.0. The molecule has 0 fully saturated rings. The van der Waals surface area contributed by atoms with Gasteiger partial charge in [0.05, 0.1) is 0 Å². The molecule has 1 aliphatic rings. The van der Waals surface area contributed by atoms with Gasteiger partial charge >= 0.3 is 12.1 Å². The van der Waals surface area contributed by atoms with Crippen molar-refractivity contribution in [1.82, 2.24) is 5.32 Å². The van der Waals surface area contributed by atoms with Crippen LogP contribution >= 0.6 is 0 Å². The summed E-state index contributed by atoms with van der Waals surface area (Å²) in [4.78, 5) is 8.90. The molecule has 2 N–H and O–H groups in total. The highest BCUT2D eigenvalue weighted by atomic mass is 19.4. The van der Waals surface area contributed by atoms with E-state index in [2.05, 4.69) is 17.4 Å². The zero-order valence-electron chi connectivity index (χ0n) is 13.6. The van der Waals surface area contributed by atoms with Crippen molar-refractivity contribution >= 4 is 5.97 Å². The van der Waals surface area contributed by atoms with Crippen LogP contribution in [0.3, 0.4) is 0 Å². The molecule has 2 aromatic carbocycles. The fourth-order valence-corrected chi connectivity index (χ4v) is 2.34. The average Bonchev–Trinajstić information content (AvgIpc) is 2.59. The molecule has 0 radical (unpaired) electrons. The molecule has 3 rings (SSSR count). The largest absolute Gasteiger partial charge is 0.490 e. The minimum absolute atomic E-state index is 0.224. The van der Waals surface area contributed by atoms with E-state index in [1.54, 1.807) is 6.07 Å². The smallest absolute Gasteiger partial charge is 0.489 e. The van der Waals surface area contributed by atoms with Gasteiger partial charge in [0.2, 0.25) is 0 Å². The van der Waals surface area contributed by atoms with Gasteiger partial charge in [0, 0.05) is 6.54 Å². The molecule has 8 heteroatoms. The Labute approximate surface area is 147 Å². The molecule has 0 aliphatic carbocycles. The molecule has 0 saturated heterocycles. The second-order valence-electron chi connectivity index (χ2n) is 5.58. The lowest BCUT2D eigenvalue weighted by Gasteiger charge is -2.18. The second-order valence-corrected chi connectivity index (χ2v) is 5.58. The number of rotatable bonds is 3. The Morgan fingerprint density at radius 1 is 1.15 bits per heavy atom. The van der Waals surface area contributed by atoms with E-state index in [-0.39, 0.29) is 5.82 Å². The average molecular weight is 371 g/mol. The van der Waals surface area contributed by atoms with Gasteiger partial charge in [-0.1, -0.05) is 18.2 Å². The number of carbonyl (C=O) groups is 1. The van der Waals surface area contributed by atoms with Crippen molar-refractivity contribution in [1.29, 1.82) is 0 Å². The maximum Gasteiger partial charge on any atom is 0.490 e. The number of halogens is 4. The standard InChI is InChI=1S/C16H16FNO.C2HF3O2/c17-15-3-1-2-12(8-15)11-19-16-5-4-14-10-18-7-6-13(14)9-16;3-2(4,5)1(6)7/h1-5,8-9,18H,6-7,10-11H2;(H,6,7). The zero-order chi connectivity index (χ0) is 19.2. The number of fused-ring (bicyclic) bond motifs is 1. The van der Waals surface area contributed by atoms with E-state index in [1.165, 1.54) is 23.3 Å². The highest BCUT2D eigenvalue weighted by Crippen LogP contribution is 2.21. The molecule has 0 spiro atoms. The summed E-state index contributed by atoms with van der Waals surface area (Å²) >= 11 is 0. The number of benzene rings is 2. The molecule has 0 unspecified atom stereocenters. The van der Waals surface area contributed by atoms with E-state index >= 15 is 0 Å². The van der Waals surface area contributed by atoms with E-state index < -0.39 is 12.1 Å². The first-order chi connectivity index (χ1) is 12.3. The second kappa shape index (κ2) is 8.66. The van der Waals surface area contributed by atoms with Gasteiger partial charge in [0.25, 0.3) is 0 Å². The summed E-state index contributed by atoms with van der Waals surface area (Å²) in [6, 6.07) is 12.7. The number of carboxylic acid groups (broad SMARTS) is 1. The van der Waals surface area contributed by atoms with Crippen LogP contribution < -0.4 is 10.1 Å². The first-order valence-corrected chi connectivity index (χ1v) is 7.75. The van der Waals surface area contributed by atoms with Gasteiger partial charge in [-0.2, -0.15) is 13.2 Å². The third-order valence-corrected chi connectivity index (χ3v) is 3.60. The predicted octanol–water partition coefficient (Wildman–Crippen LogP) is 3.68. The van der Waals surface area contributed by atoms with Gasteiger partial charge in [-0.25, -0.2) is 9.18 Å². The molecular formula is C18H17F4NO3. The third-order valence-electron chi connectivity index (χ3n) is 3.60. The maximum atomic E-state index is 13.1. The monoisotopic (exact) mass is 371 g/mol. The van der Waals surface area contributed by atoms with E-state index in [0.717, 1.165) is 30.8 Å². The molecular weight excluding hydrogens is 354 g/mol. The Morgan fingerprint density at radius 2 is 1.88 bits per heavy atom. The molecule has 1 aliphatic heterocycles. The molecule has 0 bridgehead atoms. The van der Waals surface area contributed by atoms with Crippen molar-refractivity contribution in [2.45, 2.75) is 25.7 Å². The van der Waals surface area contributed by atoms with Crippen LogP contribution in [0.2, 0.25) is 0 Å². The van der Waals surface area contributed by atoms with E-state index in [0.29, 0.717) is 6.61 Å². The molecule has 2 aromatic rings. The fourth-order valence-electron chi connectivity index (χ4n) is 2.34. The number of alkyl halides is 3. The molecule has 0 aromatic heterocycles. The van der Waals surface area contributed by atoms with Crippen LogP contribution in [-0.2, 0) is 24.4 Å². The summed E-state index contributed by atoms with van der Waals surface area (Å²) in [7, 11) is 0. The van der Waals surface area contributed by atoms with Crippen LogP contribution in [0.25, 0.3) is 0 Å². The van der Waals surface area contributed by atoms with E-state index in [9.17, 15) is 17.6 Å². The number of ether oxygens (including phenoxy) is 1. The van der Waals surface area contributed by atoms with Crippen LogP contribution in [0.5, 0.6) is 5.75 Å².